The van der Waals surface area contributed by atoms with E-state index in [2.05, 4.69) is 32.0 Å². The van der Waals surface area contributed by atoms with Crippen molar-refractivity contribution < 1.29 is 0 Å². The fourth-order valence-electron chi connectivity index (χ4n) is 0.600. The van der Waals surface area contributed by atoms with Crippen LogP contribution < -0.4 is 0 Å². The molecule has 0 nitrogen and oxygen atoms in total. The summed E-state index contributed by atoms with van der Waals surface area (Å²) >= 11 is 0. The third-order valence-corrected chi connectivity index (χ3v) is 1.31. The molecule has 7 heavy (non-hydrogen) atoms. The van der Waals surface area contributed by atoms with Crippen molar-refractivity contribution in [1.29, 1.82) is 0 Å². The Morgan fingerprint density at radius 3 is 2.29 bits per heavy atom. The number of aryl methyl sites for hydroxylation is 2. The molecular weight excluding hydrogens is 84.1 g/mol. The van der Waals surface area contributed by atoms with Crippen molar-refractivity contribution in [1.82, 2.24) is 0 Å². The lowest BCUT2D eigenvalue weighted by Gasteiger charge is -1.93. The van der Waals surface area contributed by atoms with Crippen molar-refractivity contribution in [3.8, 4) is 0 Å². The number of hydrogen-bond acceptors (Lipinski definition) is 0. The van der Waals surface area contributed by atoms with Gasteiger partial charge in [0.25, 0.3) is 0 Å². The molecule has 1 rings (SSSR count). The van der Waals surface area contributed by atoms with Gasteiger partial charge in [0.15, 0.2) is 0 Å². The van der Waals surface area contributed by atoms with Crippen LogP contribution in [0, 0.1) is 13.8 Å². The van der Waals surface area contributed by atoms with E-state index in [4.69, 9.17) is 0 Å². The van der Waals surface area contributed by atoms with Gasteiger partial charge in [-0.1, -0.05) is 13.8 Å². The summed E-state index contributed by atoms with van der Waals surface area (Å²) in [5.41, 5.74) is 2.78. The summed E-state index contributed by atoms with van der Waals surface area (Å²) in [7, 11) is 0. The summed E-state index contributed by atoms with van der Waals surface area (Å²) in [5.74, 6) is 0. The maximum atomic E-state index is 2.12. The monoisotopic (exact) mass is 93.1 g/mol. The van der Waals surface area contributed by atoms with Crippen molar-refractivity contribution in [2.24, 2.45) is 0 Å². The molecule has 0 fully saturated rings. The van der Waals surface area contributed by atoms with E-state index in [1.54, 1.807) is 0 Å². The van der Waals surface area contributed by atoms with E-state index in [0.29, 0.717) is 0 Å². The molecule has 1 aromatic carbocycles. The Kier molecular flexibility index (Phi) is 0.935. The third kappa shape index (κ3) is 0.687. The van der Waals surface area contributed by atoms with Crippen LogP contribution in [0.25, 0.3) is 0 Å². The summed E-state index contributed by atoms with van der Waals surface area (Å²) < 4.78 is 0. The fourth-order valence-corrected chi connectivity index (χ4v) is 0.600. The Bertz CT molecular complexity index is 132. The summed E-state index contributed by atoms with van der Waals surface area (Å²) in [5, 5.41) is 0. The molecular formula is C7H9-. The highest BCUT2D eigenvalue weighted by Crippen LogP contribution is 2.04. The van der Waals surface area contributed by atoms with E-state index < -0.39 is 0 Å². The first-order valence-electron chi connectivity index (χ1n) is 2.49. The molecule has 0 aromatic heterocycles. The Balaban J connectivity index is 3.12. The van der Waals surface area contributed by atoms with Crippen molar-refractivity contribution in [2.45, 2.75) is 13.8 Å². The summed E-state index contributed by atoms with van der Waals surface area (Å²) in [6.07, 6.45) is 0. The highest BCUT2D eigenvalue weighted by Gasteiger charge is 1.73. The zero-order chi connectivity index (χ0) is 5.28. The molecule has 0 heterocycles. The van der Waals surface area contributed by atoms with Crippen LogP contribution in [0.3, 0.4) is 0 Å². The van der Waals surface area contributed by atoms with Crippen LogP contribution in [0.2, 0.25) is 0 Å². The average molecular weight is 93.1 g/mol. The van der Waals surface area contributed by atoms with Gasteiger partial charge < -0.3 is 0 Å². The molecule has 0 atom stereocenters. The smallest absolute Gasteiger partial charge is 0.0632 e. The van der Waals surface area contributed by atoms with Gasteiger partial charge in [-0.15, -0.1) is 0 Å². The molecule has 0 N–H and O–H groups in total. The summed E-state index contributed by atoms with van der Waals surface area (Å²) in [6, 6.07) is 6.31. The van der Waals surface area contributed by atoms with Crippen LogP contribution >= 0.6 is 0 Å². The van der Waals surface area contributed by atoms with E-state index in [-0.39, 0.29) is 0 Å². The first-order chi connectivity index (χ1) is 3.30. The second kappa shape index (κ2) is 1.45. The van der Waals surface area contributed by atoms with E-state index in [1.807, 2.05) is 0 Å². The molecule has 0 saturated carbocycles. The van der Waals surface area contributed by atoms with Crippen LogP contribution in [0.4, 0.5) is 0 Å². The van der Waals surface area contributed by atoms with Crippen molar-refractivity contribution in [2.75, 3.05) is 0 Å². The van der Waals surface area contributed by atoms with Crippen LogP contribution in [-0.4, -0.2) is 0 Å². The molecule has 0 spiro atoms. The minimum absolute atomic E-state index is 1.39. The maximum Gasteiger partial charge on any atom is -0.0632 e. The van der Waals surface area contributed by atoms with E-state index in [0.717, 1.165) is 0 Å². The Morgan fingerprint density at radius 2 is 2.14 bits per heavy atom. The Morgan fingerprint density at radius 1 is 1.43 bits per heavy atom. The van der Waals surface area contributed by atoms with Gasteiger partial charge in [0.05, 0.1) is 0 Å². The van der Waals surface area contributed by atoms with Gasteiger partial charge in [-0.25, -0.2) is 6.07 Å². The predicted octanol–water partition coefficient (Wildman–Crippen LogP) is 2.02. The van der Waals surface area contributed by atoms with Crippen LogP contribution in [0.1, 0.15) is 11.1 Å². The molecule has 0 aliphatic carbocycles. The van der Waals surface area contributed by atoms with E-state index >= 15 is 0 Å². The van der Waals surface area contributed by atoms with Gasteiger partial charge >= 0.3 is 0 Å². The molecule has 1 aromatic rings. The fraction of sp³-hybridized carbons (Fsp3) is 0.286. The number of rotatable bonds is 0. The Labute approximate surface area is 44.2 Å². The molecule has 0 bridgehead atoms. The van der Waals surface area contributed by atoms with Gasteiger partial charge in [0.1, 0.15) is 0 Å². The molecule has 0 radical (unpaired) electrons. The zero-order valence-corrected chi connectivity index (χ0v) is 4.73. The zero-order valence-electron chi connectivity index (χ0n) is 4.73. The molecule has 0 unspecified atom stereocenters. The summed E-state index contributed by atoms with van der Waals surface area (Å²) in [6.45, 7) is 4.24. The largest absolute Gasteiger partial charge is 0.211 e. The van der Waals surface area contributed by atoms with Crippen LogP contribution in [-0.2, 0) is 0 Å². The first kappa shape index (κ1) is 4.51. The average Bonchev–Trinajstić information content (AvgIpc) is 1.91. The van der Waals surface area contributed by atoms with Crippen molar-refractivity contribution in [3.05, 3.63) is 29.3 Å². The van der Waals surface area contributed by atoms with Gasteiger partial charge in [0, 0.05) is 0 Å². The second-order valence-corrected chi connectivity index (χ2v) is 1.89. The molecule has 0 amide bonds. The minimum Gasteiger partial charge on any atom is -0.211 e. The standard InChI is InChI=1S/C7H9/c1-6-4-3-5-7(6)2/h3-5H,1-2H3/q-1. The number of hydrogen-bond donors (Lipinski definition) is 0. The molecule has 0 aliphatic heterocycles. The maximum absolute atomic E-state index is 2.12. The second-order valence-electron chi connectivity index (χ2n) is 1.89. The highest BCUT2D eigenvalue weighted by molar-refractivity contribution is 5.25. The van der Waals surface area contributed by atoms with E-state index in [1.165, 1.54) is 11.1 Å². The molecule has 0 aliphatic rings. The SMILES string of the molecule is Cc1cc[cH-]c1C. The third-order valence-electron chi connectivity index (χ3n) is 1.31. The highest BCUT2D eigenvalue weighted by atomic mass is 13.9. The van der Waals surface area contributed by atoms with Gasteiger partial charge in [-0.05, 0) is 0 Å². The lowest BCUT2D eigenvalue weighted by molar-refractivity contribution is 1.41. The molecule has 0 heteroatoms. The minimum atomic E-state index is 1.39. The van der Waals surface area contributed by atoms with Gasteiger partial charge in [-0.2, -0.15) is 23.3 Å². The van der Waals surface area contributed by atoms with Crippen LogP contribution in [0.5, 0.6) is 0 Å². The van der Waals surface area contributed by atoms with Crippen molar-refractivity contribution >= 4 is 0 Å². The van der Waals surface area contributed by atoms with E-state index in [9.17, 15) is 0 Å². The molecule has 38 valence electrons. The predicted molar refractivity (Wildman–Crippen MR) is 31.5 cm³/mol. The summed E-state index contributed by atoms with van der Waals surface area (Å²) in [4.78, 5) is 0. The normalized spacial score (nSPS) is 9.43. The molecule has 0 saturated heterocycles. The lowest BCUT2D eigenvalue weighted by atomic mass is 10.2. The topological polar surface area (TPSA) is 0 Å². The first-order valence-corrected chi connectivity index (χ1v) is 2.49. The van der Waals surface area contributed by atoms with Crippen LogP contribution in [0.15, 0.2) is 18.2 Å². The quantitative estimate of drug-likeness (QED) is 0.430. The van der Waals surface area contributed by atoms with Gasteiger partial charge in [-0.3, -0.25) is 0 Å². The Hall–Kier alpha value is -0.650. The lowest BCUT2D eigenvalue weighted by Crippen LogP contribution is -1.63. The van der Waals surface area contributed by atoms with Crippen molar-refractivity contribution in [3.63, 3.8) is 0 Å². The van der Waals surface area contributed by atoms with Gasteiger partial charge in [0.2, 0.25) is 0 Å².